The average molecular weight is 306 g/mol. The Bertz CT molecular complexity index is 671. The Balaban J connectivity index is 1.98. The van der Waals surface area contributed by atoms with Gasteiger partial charge in [0.05, 0.1) is 23.5 Å². The molecule has 0 radical (unpaired) electrons. The largest absolute Gasteiger partial charge is 0.478 e. The summed E-state index contributed by atoms with van der Waals surface area (Å²) in [5.74, 6) is -1.10. The summed E-state index contributed by atoms with van der Waals surface area (Å²) in [5, 5.41) is 14.9. The molecule has 0 aromatic carbocycles. The third kappa shape index (κ3) is 3.99. The maximum atomic E-state index is 11.9. The van der Waals surface area contributed by atoms with E-state index >= 15 is 0 Å². The van der Waals surface area contributed by atoms with Gasteiger partial charge in [-0.3, -0.25) is 4.98 Å². The Labute approximate surface area is 125 Å². The second-order valence-electron chi connectivity index (χ2n) is 4.40. The Morgan fingerprint density at radius 3 is 2.71 bits per heavy atom. The first-order valence-electron chi connectivity index (χ1n) is 6.14. The molecule has 1 atom stereocenters. The number of urea groups is 1. The molecule has 0 spiro atoms. The molecule has 2 heterocycles. The van der Waals surface area contributed by atoms with Gasteiger partial charge in [-0.25, -0.2) is 14.6 Å². The van der Waals surface area contributed by atoms with Crippen LogP contribution in [0.15, 0.2) is 24.7 Å². The summed E-state index contributed by atoms with van der Waals surface area (Å²) in [6, 6.07) is 0.659. The molecule has 7 nitrogen and oxygen atoms in total. The number of hydrogen-bond acceptors (Lipinski definition) is 5. The number of carbonyl (C=O) groups is 2. The number of carboxylic acids is 1. The van der Waals surface area contributed by atoms with Gasteiger partial charge < -0.3 is 15.7 Å². The van der Waals surface area contributed by atoms with E-state index in [0.29, 0.717) is 5.69 Å². The lowest BCUT2D eigenvalue weighted by Crippen LogP contribution is -2.31. The van der Waals surface area contributed by atoms with E-state index in [9.17, 15) is 9.59 Å². The van der Waals surface area contributed by atoms with Gasteiger partial charge in [0.15, 0.2) is 0 Å². The Kier molecular flexibility index (Phi) is 4.49. The van der Waals surface area contributed by atoms with Crippen LogP contribution < -0.4 is 10.6 Å². The van der Waals surface area contributed by atoms with Crippen molar-refractivity contribution < 1.29 is 14.7 Å². The summed E-state index contributed by atoms with van der Waals surface area (Å²) in [6.07, 6.45) is 4.34. The summed E-state index contributed by atoms with van der Waals surface area (Å²) >= 11 is 1.51. The molecular weight excluding hydrogens is 292 g/mol. The minimum absolute atomic E-state index is 0.0106. The van der Waals surface area contributed by atoms with Gasteiger partial charge in [-0.2, -0.15) is 0 Å². The lowest BCUT2D eigenvalue weighted by Gasteiger charge is -2.12. The molecule has 2 rings (SSSR count). The standard InChI is InChI=1S/C13H14N4O3S/c1-7-4-15-11(21-7)8(2)16-13(20)17-10-3-9(12(18)19)5-14-6-10/h3-6,8H,1-2H3,(H,18,19)(H2,16,17,20). The minimum atomic E-state index is -1.10. The van der Waals surface area contributed by atoms with Crippen LogP contribution in [-0.2, 0) is 0 Å². The third-order valence-electron chi connectivity index (χ3n) is 2.60. The van der Waals surface area contributed by atoms with E-state index in [-0.39, 0.29) is 11.6 Å². The van der Waals surface area contributed by atoms with E-state index in [1.807, 2.05) is 13.8 Å². The number of aromatic carboxylic acids is 1. The predicted octanol–water partition coefficient (Wildman–Crippen LogP) is 2.43. The van der Waals surface area contributed by atoms with Gasteiger partial charge in [-0.15, -0.1) is 11.3 Å². The Morgan fingerprint density at radius 2 is 2.10 bits per heavy atom. The van der Waals surface area contributed by atoms with Gasteiger partial charge >= 0.3 is 12.0 Å². The number of carbonyl (C=O) groups excluding carboxylic acids is 1. The zero-order valence-electron chi connectivity index (χ0n) is 11.5. The highest BCUT2D eigenvalue weighted by molar-refractivity contribution is 7.11. The number of hydrogen-bond donors (Lipinski definition) is 3. The number of aryl methyl sites for hydroxylation is 1. The van der Waals surface area contributed by atoms with Crippen LogP contribution in [0.1, 0.15) is 33.2 Å². The maximum Gasteiger partial charge on any atom is 0.337 e. The summed E-state index contributed by atoms with van der Waals surface area (Å²) in [4.78, 5) is 31.7. The fourth-order valence-electron chi connectivity index (χ4n) is 1.62. The number of carboxylic acid groups (broad SMARTS) is 1. The zero-order valence-corrected chi connectivity index (χ0v) is 12.3. The quantitative estimate of drug-likeness (QED) is 0.804. The number of amides is 2. The van der Waals surface area contributed by atoms with Crippen molar-refractivity contribution in [3.63, 3.8) is 0 Å². The molecule has 110 valence electrons. The predicted molar refractivity (Wildman–Crippen MR) is 78.6 cm³/mol. The fourth-order valence-corrected chi connectivity index (χ4v) is 2.40. The molecule has 1 unspecified atom stereocenters. The summed E-state index contributed by atoms with van der Waals surface area (Å²) < 4.78 is 0. The molecule has 0 saturated carbocycles. The summed E-state index contributed by atoms with van der Waals surface area (Å²) in [5.41, 5.74) is 0.325. The van der Waals surface area contributed by atoms with Crippen LogP contribution in [0.3, 0.4) is 0 Å². The molecule has 8 heteroatoms. The number of thiazole rings is 1. The molecule has 2 aromatic heterocycles. The number of rotatable bonds is 4. The third-order valence-corrected chi connectivity index (χ3v) is 3.70. The van der Waals surface area contributed by atoms with Gasteiger partial charge in [0.1, 0.15) is 5.01 Å². The van der Waals surface area contributed by atoms with Crippen LogP contribution in [0.4, 0.5) is 10.5 Å². The Hall–Kier alpha value is -2.48. The first-order valence-corrected chi connectivity index (χ1v) is 6.95. The first-order chi connectivity index (χ1) is 9.95. The molecule has 2 amide bonds. The molecule has 0 saturated heterocycles. The van der Waals surface area contributed by atoms with Crippen molar-refractivity contribution >= 4 is 29.0 Å². The maximum absolute atomic E-state index is 11.9. The van der Waals surface area contributed by atoms with Gasteiger partial charge in [0.2, 0.25) is 0 Å². The molecule has 0 bridgehead atoms. The number of aromatic nitrogens is 2. The number of anilines is 1. The molecule has 0 aliphatic heterocycles. The lowest BCUT2D eigenvalue weighted by molar-refractivity contribution is 0.0696. The number of nitrogens with one attached hydrogen (secondary N) is 2. The number of nitrogens with zero attached hydrogens (tertiary/aromatic N) is 2. The Morgan fingerprint density at radius 1 is 1.33 bits per heavy atom. The van der Waals surface area contributed by atoms with Crippen LogP contribution in [0.5, 0.6) is 0 Å². The molecule has 21 heavy (non-hydrogen) atoms. The first kappa shape index (κ1) is 14.9. The molecule has 0 aliphatic rings. The molecular formula is C13H14N4O3S. The van der Waals surface area contributed by atoms with Crippen molar-refractivity contribution in [2.24, 2.45) is 0 Å². The van der Waals surface area contributed by atoms with Crippen LogP contribution in [0.25, 0.3) is 0 Å². The monoisotopic (exact) mass is 306 g/mol. The lowest BCUT2D eigenvalue weighted by atomic mass is 10.2. The van der Waals surface area contributed by atoms with Crippen LogP contribution in [0.2, 0.25) is 0 Å². The van der Waals surface area contributed by atoms with Gasteiger partial charge in [-0.05, 0) is 19.9 Å². The van der Waals surface area contributed by atoms with E-state index in [1.165, 1.54) is 29.8 Å². The average Bonchev–Trinajstić information content (AvgIpc) is 2.85. The van der Waals surface area contributed by atoms with E-state index in [2.05, 4.69) is 20.6 Å². The minimum Gasteiger partial charge on any atom is -0.478 e. The highest BCUT2D eigenvalue weighted by Crippen LogP contribution is 2.19. The molecule has 0 aliphatic carbocycles. The van der Waals surface area contributed by atoms with Crippen molar-refractivity contribution in [3.8, 4) is 0 Å². The molecule has 3 N–H and O–H groups in total. The summed E-state index contributed by atoms with van der Waals surface area (Å²) in [7, 11) is 0. The second-order valence-corrected chi connectivity index (χ2v) is 5.66. The highest BCUT2D eigenvalue weighted by atomic mass is 32.1. The van der Waals surface area contributed by atoms with E-state index < -0.39 is 12.0 Å². The van der Waals surface area contributed by atoms with Crippen molar-refractivity contribution in [1.29, 1.82) is 0 Å². The molecule has 2 aromatic rings. The summed E-state index contributed by atoms with van der Waals surface area (Å²) in [6.45, 7) is 3.76. The van der Waals surface area contributed by atoms with Crippen LogP contribution in [0, 0.1) is 6.92 Å². The fraction of sp³-hybridized carbons (Fsp3) is 0.231. The zero-order chi connectivity index (χ0) is 15.4. The number of pyridine rings is 1. The van der Waals surface area contributed by atoms with Gasteiger partial charge in [0, 0.05) is 17.3 Å². The van der Waals surface area contributed by atoms with Crippen molar-refractivity contribution in [2.45, 2.75) is 19.9 Å². The van der Waals surface area contributed by atoms with Crippen molar-refractivity contribution in [3.05, 3.63) is 40.1 Å². The van der Waals surface area contributed by atoms with Crippen LogP contribution in [-0.4, -0.2) is 27.1 Å². The second kappa shape index (κ2) is 6.31. The van der Waals surface area contributed by atoms with Gasteiger partial charge in [0.25, 0.3) is 0 Å². The molecule has 0 fully saturated rings. The van der Waals surface area contributed by atoms with Crippen molar-refractivity contribution in [1.82, 2.24) is 15.3 Å². The van der Waals surface area contributed by atoms with E-state index in [0.717, 1.165) is 9.88 Å². The van der Waals surface area contributed by atoms with Crippen LogP contribution >= 0.6 is 11.3 Å². The smallest absolute Gasteiger partial charge is 0.337 e. The SMILES string of the molecule is Cc1cnc(C(C)NC(=O)Nc2cncc(C(=O)O)c2)s1. The normalized spacial score (nSPS) is 11.7. The van der Waals surface area contributed by atoms with Gasteiger partial charge in [-0.1, -0.05) is 0 Å². The topological polar surface area (TPSA) is 104 Å². The van der Waals surface area contributed by atoms with Crippen molar-refractivity contribution in [2.75, 3.05) is 5.32 Å². The van der Waals surface area contributed by atoms with E-state index in [1.54, 1.807) is 6.20 Å². The van der Waals surface area contributed by atoms with E-state index in [4.69, 9.17) is 5.11 Å². The highest BCUT2D eigenvalue weighted by Gasteiger charge is 2.13.